The van der Waals surface area contributed by atoms with Gasteiger partial charge in [-0.15, -0.1) is 0 Å². The SMILES string of the molecule is CCn1cc(C(C)Nc2c(F)cc(F)cc2Br)cn1. The van der Waals surface area contributed by atoms with Crippen molar-refractivity contribution in [1.82, 2.24) is 9.78 Å². The fourth-order valence-electron chi connectivity index (χ4n) is 1.76. The molecule has 0 spiro atoms. The highest BCUT2D eigenvalue weighted by Crippen LogP contribution is 2.30. The van der Waals surface area contributed by atoms with E-state index in [9.17, 15) is 8.78 Å². The molecule has 19 heavy (non-hydrogen) atoms. The van der Waals surface area contributed by atoms with Gasteiger partial charge in [0.2, 0.25) is 0 Å². The molecule has 1 aromatic heterocycles. The monoisotopic (exact) mass is 329 g/mol. The molecule has 1 aromatic carbocycles. The van der Waals surface area contributed by atoms with Crippen LogP contribution in [0.2, 0.25) is 0 Å². The summed E-state index contributed by atoms with van der Waals surface area (Å²) in [5, 5.41) is 7.19. The molecule has 1 atom stereocenters. The second kappa shape index (κ2) is 5.69. The van der Waals surface area contributed by atoms with Gasteiger partial charge in [-0.25, -0.2) is 8.78 Å². The van der Waals surface area contributed by atoms with E-state index in [1.54, 1.807) is 10.9 Å². The lowest BCUT2D eigenvalue weighted by Gasteiger charge is -2.15. The molecule has 1 heterocycles. The summed E-state index contributed by atoms with van der Waals surface area (Å²) >= 11 is 3.15. The predicted molar refractivity (Wildman–Crippen MR) is 74.0 cm³/mol. The van der Waals surface area contributed by atoms with E-state index in [1.807, 2.05) is 20.0 Å². The van der Waals surface area contributed by atoms with Crippen molar-refractivity contribution >= 4 is 21.6 Å². The fraction of sp³-hybridized carbons (Fsp3) is 0.308. The predicted octanol–water partition coefficient (Wildman–Crippen LogP) is 4.12. The Bertz CT molecular complexity index is 560. The number of hydrogen-bond donors (Lipinski definition) is 1. The van der Waals surface area contributed by atoms with Crippen molar-refractivity contribution in [2.24, 2.45) is 0 Å². The number of aromatic nitrogens is 2. The van der Waals surface area contributed by atoms with Crippen LogP contribution in [0.5, 0.6) is 0 Å². The molecule has 1 unspecified atom stereocenters. The van der Waals surface area contributed by atoms with Crippen LogP contribution in [0.4, 0.5) is 14.5 Å². The number of nitrogens with zero attached hydrogens (tertiary/aromatic N) is 2. The third kappa shape index (κ3) is 3.12. The van der Waals surface area contributed by atoms with Crippen molar-refractivity contribution in [3.05, 3.63) is 46.2 Å². The summed E-state index contributed by atoms with van der Waals surface area (Å²) < 4.78 is 28.9. The first-order chi connectivity index (χ1) is 9.01. The Labute approximate surface area is 118 Å². The van der Waals surface area contributed by atoms with E-state index < -0.39 is 11.6 Å². The zero-order valence-corrected chi connectivity index (χ0v) is 12.2. The molecule has 6 heteroatoms. The number of anilines is 1. The van der Waals surface area contributed by atoms with Crippen molar-refractivity contribution in [2.75, 3.05) is 5.32 Å². The van der Waals surface area contributed by atoms with E-state index in [0.29, 0.717) is 4.47 Å². The van der Waals surface area contributed by atoms with Gasteiger partial charge >= 0.3 is 0 Å². The molecular formula is C13H14BrF2N3. The molecule has 0 radical (unpaired) electrons. The Kier molecular flexibility index (Phi) is 4.19. The maximum absolute atomic E-state index is 13.7. The Morgan fingerprint density at radius 1 is 1.42 bits per heavy atom. The minimum atomic E-state index is -0.624. The van der Waals surface area contributed by atoms with E-state index in [4.69, 9.17) is 0 Å². The van der Waals surface area contributed by atoms with Crippen LogP contribution in [0, 0.1) is 11.6 Å². The molecule has 2 aromatic rings. The van der Waals surface area contributed by atoms with Gasteiger partial charge in [0.25, 0.3) is 0 Å². The molecule has 0 saturated heterocycles. The number of hydrogen-bond acceptors (Lipinski definition) is 2. The highest BCUT2D eigenvalue weighted by atomic mass is 79.9. The smallest absolute Gasteiger partial charge is 0.150 e. The largest absolute Gasteiger partial charge is 0.375 e. The van der Waals surface area contributed by atoms with Gasteiger partial charge in [0, 0.05) is 28.8 Å². The first-order valence-corrected chi connectivity index (χ1v) is 6.74. The summed E-state index contributed by atoms with van der Waals surface area (Å²) in [4.78, 5) is 0. The van der Waals surface area contributed by atoms with Gasteiger partial charge in [-0.1, -0.05) is 0 Å². The highest BCUT2D eigenvalue weighted by molar-refractivity contribution is 9.10. The summed E-state index contributed by atoms with van der Waals surface area (Å²) in [5.41, 5.74) is 1.19. The topological polar surface area (TPSA) is 29.9 Å². The molecule has 1 N–H and O–H groups in total. The van der Waals surface area contributed by atoms with Gasteiger partial charge in [0.15, 0.2) is 0 Å². The maximum atomic E-state index is 13.7. The highest BCUT2D eigenvalue weighted by Gasteiger charge is 2.14. The van der Waals surface area contributed by atoms with Crippen LogP contribution in [0.25, 0.3) is 0 Å². The maximum Gasteiger partial charge on any atom is 0.150 e. The van der Waals surface area contributed by atoms with Gasteiger partial charge in [0.1, 0.15) is 11.6 Å². The Balaban J connectivity index is 2.21. The molecule has 2 rings (SSSR count). The molecule has 0 fully saturated rings. The van der Waals surface area contributed by atoms with Crippen LogP contribution in [-0.4, -0.2) is 9.78 Å². The van der Waals surface area contributed by atoms with Crippen LogP contribution in [0.15, 0.2) is 29.0 Å². The van der Waals surface area contributed by atoms with Crippen molar-refractivity contribution in [3.63, 3.8) is 0 Å². The quantitative estimate of drug-likeness (QED) is 0.914. The van der Waals surface area contributed by atoms with E-state index in [2.05, 4.69) is 26.3 Å². The standard InChI is InChI=1S/C13H14BrF2N3/c1-3-19-7-9(6-17-19)8(2)18-13-11(14)4-10(15)5-12(13)16/h4-8,18H,3H2,1-2H3. The molecule has 0 bridgehead atoms. The van der Waals surface area contributed by atoms with Gasteiger partial charge in [0.05, 0.1) is 17.9 Å². The summed E-state index contributed by atoms with van der Waals surface area (Å²) in [6.07, 6.45) is 3.63. The minimum Gasteiger partial charge on any atom is -0.375 e. The van der Waals surface area contributed by atoms with Gasteiger partial charge < -0.3 is 5.32 Å². The van der Waals surface area contributed by atoms with E-state index in [1.165, 1.54) is 6.07 Å². The Morgan fingerprint density at radius 2 is 2.16 bits per heavy atom. The van der Waals surface area contributed by atoms with Crippen LogP contribution >= 0.6 is 15.9 Å². The van der Waals surface area contributed by atoms with Crippen molar-refractivity contribution < 1.29 is 8.78 Å². The number of halogens is 3. The van der Waals surface area contributed by atoms with E-state index in [0.717, 1.165) is 18.2 Å². The molecule has 0 aliphatic rings. The molecule has 0 amide bonds. The number of benzene rings is 1. The second-order valence-corrected chi connectivity index (χ2v) is 5.09. The molecule has 0 saturated carbocycles. The van der Waals surface area contributed by atoms with Crippen LogP contribution in [-0.2, 0) is 6.54 Å². The Morgan fingerprint density at radius 3 is 2.74 bits per heavy atom. The lowest BCUT2D eigenvalue weighted by molar-refractivity contribution is 0.582. The molecule has 3 nitrogen and oxygen atoms in total. The molecule has 102 valence electrons. The normalized spacial score (nSPS) is 12.5. The van der Waals surface area contributed by atoms with Crippen molar-refractivity contribution in [2.45, 2.75) is 26.4 Å². The van der Waals surface area contributed by atoms with Gasteiger partial charge in [-0.05, 0) is 35.8 Å². The third-order valence-electron chi connectivity index (χ3n) is 2.84. The lowest BCUT2D eigenvalue weighted by atomic mass is 10.2. The summed E-state index contributed by atoms with van der Waals surface area (Å²) in [7, 11) is 0. The molecule has 0 aliphatic heterocycles. The van der Waals surface area contributed by atoms with Crippen molar-refractivity contribution in [3.8, 4) is 0 Å². The number of rotatable bonds is 4. The lowest BCUT2D eigenvalue weighted by Crippen LogP contribution is -2.08. The van der Waals surface area contributed by atoms with E-state index >= 15 is 0 Å². The van der Waals surface area contributed by atoms with Crippen LogP contribution in [0.1, 0.15) is 25.5 Å². The minimum absolute atomic E-state index is 0.128. The van der Waals surface area contributed by atoms with E-state index in [-0.39, 0.29) is 11.7 Å². The van der Waals surface area contributed by atoms with Crippen molar-refractivity contribution in [1.29, 1.82) is 0 Å². The summed E-state index contributed by atoms with van der Waals surface area (Å²) in [6.45, 7) is 4.67. The summed E-state index contributed by atoms with van der Waals surface area (Å²) in [6, 6.07) is 1.96. The number of aryl methyl sites for hydroxylation is 1. The fourth-order valence-corrected chi connectivity index (χ4v) is 2.28. The first kappa shape index (κ1) is 14.0. The first-order valence-electron chi connectivity index (χ1n) is 5.94. The zero-order chi connectivity index (χ0) is 14.0. The van der Waals surface area contributed by atoms with Gasteiger partial charge in [-0.2, -0.15) is 5.10 Å². The zero-order valence-electron chi connectivity index (χ0n) is 10.6. The average Bonchev–Trinajstić information content (AvgIpc) is 2.82. The summed E-state index contributed by atoms with van der Waals surface area (Å²) in [5.74, 6) is -1.23. The average molecular weight is 330 g/mol. The van der Waals surface area contributed by atoms with Crippen LogP contribution < -0.4 is 5.32 Å². The molecular weight excluding hydrogens is 316 g/mol. The Hall–Kier alpha value is -1.43. The third-order valence-corrected chi connectivity index (χ3v) is 3.47. The van der Waals surface area contributed by atoms with Gasteiger partial charge in [-0.3, -0.25) is 4.68 Å². The number of nitrogens with one attached hydrogen (secondary N) is 1. The van der Waals surface area contributed by atoms with Crippen LogP contribution in [0.3, 0.4) is 0 Å². The molecule has 0 aliphatic carbocycles. The second-order valence-electron chi connectivity index (χ2n) is 4.24.